The third-order valence-corrected chi connectivity index (χ3v) is 5.69. The number of amides is 1. The molecule has 156 valence electrons. The number of carbonyl (C=O) groups is 1. The Hall–Kier alpha value is -1.81. The summed E-state index contributed by atoms with van der Waals surface area (Å²) in [5.74, 6) is -0.143. The summed E-state index contributed by atoms with van der Waals surface area (Å²) in [6.45, 7) is 8.41. The van der Waals surface area contributed by atoms with Crippen molar-refractivity contribution in [3.05, 3.63) is 75.3 Å². The lowest BCUT2D eigenvalue weighted by atomic mass is 10.1. The van der Waals surface area contributed by atoms with Gasteiger partial charge in [0.2, 0.25) is 5.91 Å². The van der Waals surface area contributed by atoms with Gasteiger partial charge in [0.1, 0.15) is 6.54 Å². The van der Waals surface area contributed by atoms with E-state index < -0.39 is 0 Å². The third kappa shape index (κ3) is 7.85. The zero-order valence-corrected chi connectivity index (χ0v) is 19.1. The van der Waals surface area contributed by atoms with Crippen LogP contribution in [0.2, 0.25) is 10.0 Å². The molecule has 0 aliphatic heterocycles. The fourth-order valence-corrected chi connectivity index (χ4v) is 3.90. The van der Waals surface area contributed by atoms with Crippen molar-refractivity contribution >= 4 is 35.2 Å². The quantitative estimate of drug-likeness (QED) is 0.356. The van der Waals surface area contributed by atoms with Crippen molar-refractivity contribution in [1.29, 1.82) is 0 Å². The molecule has 3 nitrogen and oxygen atoms in total. The van der Waals surface area contributed by atoms with Gasteiger partial charge in [-0.1, -0.05) is 67.4 Å². The van der Waals surface area contributed by atoms with E-state index in [0.717, 1.165) is 22.2 Å². The van der Waals surface area contributed by atoms with E-state index in [-0.39, 0.29) is 5.91 Å². The van der Waals surface area contributed by atoms with Crippen LogP contribution in [-0.4, -0.2) is 30.5 Å². The lowest BCUT2D eigenvalue weighted by molar-refractivity contribution is -0.922. The van der Waals surface area contributed by atoms with Crippen molar-refractivity contribution in [1.82, 2.24) is 5.32 Å². The Morgan fingerprint density at radius 2 is 1.59 bits per heavy atom. The van der Waals surface area contributed by atoms with Crippen molar-refractivity contribution in [3.8, 4) is 0 Å². The highest BCUT2D eigenvalue weighted by molar-refractivity contribution is 6.42. The van der Waals surface area contributed by atoms with Crippen LogP contribution in [-0.2, 0) is 17.9 Å². The second kappa shape index (κ2) is 11.4. The lowest BCUT2D eigenvalue weighted by Gasteiger charge is -2.34. The van der Waals surface area contributed by atoms with Gasteiger partial charge in [0, 0.05) is 18.2 Å². The number of nitrogens with zero attached hydrogens (tertiary/aromatic N) is 1. The SMILES string of the molecule is CCC[N+](C)(CCC)Cc1ccc(CNC(=O)/C=C/c2ccc(Cl)c(Cl)c2)cc1. The minimum absolute atomic E-state index is 0.143. The van der Waals surface area contributed by atoms with Gasteiger partial charge in [-0.2, -0.15) is 0 Å². The zero-order valence-electron chi connectivity index (χ0n) is 17.6. The zero-order chi connectivity index (χ0) is 21.3. The van der Waals surface area contributed by atoms with E-state index in [2.05, 4.69) is 50.5 Å². The Balaban J connectivity index is 1.88. The molecule has 1 amide bonds. The second-order valence-electron chi connectivity index (χ2n) is 7.77. The molecule has 0 spiro atoms. The predicted octanol–water partition coefficient (Wildman–Crippen LogP) is 6.09. The number of rotatable bonds is 10. The van der Waals surface area contributed by atoms with Crippen molar-refractivity contribution in [2.24, 2.45) is 0 Å². The smallest absolute Gasteiger partial charge is 0.244 e. The molecule has 0 aliphatic carbocycles. The van der Waals surface area contributed by atoms with Gasteiger partial charge in [-0.3, -0.25) is 4.79 Å². The molecule has 0 saturated heterocycles. The van der Waals surface area contributed by atoms with Gasteiger partial charge in [0.25, 0.3) is 0 Å². The summed E-state index contributed by atoms with van der Waals surface area (Å²) < 4.78 is 1.07. The Morgan fingerprint density at radius 3 is 2.17 bits per heavy atom. The monoisotopic (exact) mass is 433 g/mol. The summed E-state index contributed by atoms with van der Waals surface area (Å²) >= 11 is 11.9. The lowest BCUT2D eigenvalue weighted by Crippen LogP contribution is -2.44. The molecule has 0 saturated carbocycles. The van der Waals surface area contributed by atoms with Crippen LogP contribution < -0.4 is 5.32 Å². The van der Waals surface area contributed by atoms with Crippen LogP contribution in [0.5, 0.6) is 0 Å². The summed E-state index contributed by atoms with van der Waals surface area (Å²) in [6, 6.07) is 13.8. The predicted molar refractivity (Wildman–Crippen MR) is 124 cm³/mol. The molecule has 2 rings (SSSR count). The number of carbonyl (C=O) groups excluding carboxylic acids is 1. The molecule has 0 fully saturated rings. The molecule has 29 heavy (non-hydrogen) atoms. The number of hydrogen-bond acceptors (Lipinski definition) is 1. The molecule has 0 bridgehead atoms. The summed E-state index contributed by atoms with van der Waals surface area (Å²) in [4.78, 5) is 12.1. The normalized spacial score (nSPS) is 11.8. The molecule has 2 aromatic rings. The first-order valence-corrected chi connectivity index (χ1v) is 10.9. The molecule has 0 atom stereocenters. The fourth-order valence-electron chi connectivity index (χ4n) is 3.59. The van der Waals surface area contributed by atoms with Gasteiger partial charge < -0.3 is 9.80 Å². The van der Waals surface area contributed by atoms with E-state index in [9.17, 15) is 4.79 Å². The van der Waals surface area contributed by atoms with E-state index in [1.54, 1.807) is 18.2 Å². The van der Waals surface area contributed by atoms with Crippen LogP contribution in [0.4, 0.5) is 0 Å². The highest BCUT2D eigenvalue weighted by atomic mass is 35.5. The summed E-state index contributed by atoms with van der Waals surface area (Å²) in [5, 5.41) is 3.89. The first kappa shape index (κ1) is 23.5. The van der Waals surface area contributed by atoms with Gasteiger partial charge in [-0.05, 0) is 42.2 Å². The van der Waals surface area contributed by atoms with Crippen LogP contribution in [0.25, 0.3) is 6.08 Å². The number of halogens is 2. The summed E-state index contributed by atoms with van der Waals surface area (Å²) in [7, 11) is 2.33. The van der Waals surface area contributed by atoms with E-state index >= 15 is 0 Å². The first-order valence-electron chi connectivity index (χ1n) is 10.2. The number of benzene rings is 2. The number of quaternary nitrogens is 1. The molecular weight excluding hydrogens is 403 g/mol. The van der Waals surface area contributed by atoms with Gasteiger partial charge >= 0.3 is 0 Å². The highest BCUT2D eigenvalue weighted by Gasteiger charge is 2.19. The topological polar surface area (TPSA) is 29.1 Å². The van der Waals surface area contributed by atoms with Crippen LogP contribution in [0.3, 0.4) is 0 Å². The Morgan fingerprint density at radius 1 is 0.966 bits per heavy atom. The van der Waals surface area contributed by atoms with Crippen LogP contribution in [0.1, 0.15) is 43.4 Å². The van der Waals surface area contributed by atoms with E-state index in [0.29, 0.717) is 16.6 Å². The molecule has 0 aliphatic rings. The Labute approximate surface area is 184 Å². The van der Waals surface area contributed by atoms with Gasteiger partial charge in [-0.15, -0.1) is 0 Å². The number of nitrogens with one attached hydrogen (secondary N) is 1. The molecule has 2 aromatic carbocycles. The van der Waals surface area contributed by atoms with E-state index in [1.165, 1.54) is 37.6 Å². The first-order chi connectivity index (χ1) is 13.8. The van der Waals surface area contributed by atoms with Crippen molar-refractivity contribution < 1.29 is 9.28 Å². The Kier molecular flexibility index (Phi) is 9.22. The van der Waals surface area contributed by atoms with Crippen LogP contribution >= 0.6 is 23.2 Å². The standard InChI is InChI=1S/C24H30Cl2N2O/c1-4-14-28(3,15-5-2)18-21-8-6-20(7-9-21)17-27-24(29)13-11-19-10-12-22(25)23(26)16-19/h6-13,16H,4-5,14-15,17-18H2,1-3H3/p+1/b13-11+. The molecule has 0 unspecified atom stereocenters. The van der Waals surface area contributed by atoms with Gasteiger partial charge in [0.05, 0.1) is 30.2 Å². The third-order valence-electron chi connectivity index (χ3n) is 4.95. The fraction of sp³-hybridized carbons (Fsp3) is 0.375. The molecular formula is C24H31Cl2N2O+. The molecule has 0 aromatic heterocycles. The molecule has 1 N–H and O–H groups in total. The number of hydrogen-bond donors (Lipinski definition) is 1. The average molecular weight is 434 g/mol. The maximum absolute atomic E-state index is 12.1. The van der Waals surface area contributed by atoms with Crippen LogP contribution in [0, 0.1) is 0 Å². The average Bonchev–Trinajstić information content (AvgIpc) is 2.68. The van der Waals surface area contributed by atoms with Crippen molar-refractivity contribution in [2.45, 2.75) is 39.8 Å². The van der Waals surface area contributed by atoms with Gasteiger partial charge in [-0.25, -0.2) is 0 Å². The minimum Gasteiger partial charge on any atom is -0.348 e. The van der Waals surface area contributed by atoms with E-state index in [1.807, 2.05) is 6.07 Å². The Bertz CT molecular complexity index is 825. The molecule has 0 radical (unpaired) electrons. The van der Waals surface area contributed by atoms with E-state index in [4.69, 9.17) is 23.2 Å². The summed E-state index contributed by atoms with van der Waals surface area (Å²) in [6.07, 6.45) is 5.61. The minimum atomic E-state index is -0.143. The summed E-state index contributed by atoms with van der Waals surface area (Å²) in [5.41, 5.74) is 3.26. The van der Waals surface area contributed by atoms with Gasteiger partial charge in [0.15, 0.2) is 0 Å². The molecule has 5 heteroatoms. The second-order valence-corrected chi connectivity index (χ2v) is 8.58. The van der Waals surface area contributed by atoms with Crippen molar-refractivity contribution in [2.75, 3.05) is 20.1 Å². The van der Waals surface area contributed by atoms with Crippen LogP contribution in [0.15, 0.2) is 48.5 Å². The van der Waals surface area contributed by atoms with Crippen molar-refractivity contribution in [3.63, 3.8) is 0 Å². The maximum atomic E-state index is 12.1. The maximum Gasteiger partial charge on any atom is 0.244 e. The largest absolute Gasteiger partial charge is 0.348 e. The highest BCUT2D eigenvalue weighted by Crippen LogP contribution is 2.23. The molecule has 0 heterocycles.